The summed E-state index contributed by atoms with van der Waals surface area (Å²) in [7, 11) is 0. The van der Waals surface area contributed by atoms with E-state index in [1.165, 1.54) is 5.56 Å². The number of rotatable bonds is 7. The van der Waals surface area contributed by atoms with Crippen molar-refractivity contribution in [2.45, 2.75) is 51.7 Å². The first kappa shape index (κ1) is 18.4. The van der Waals surface area contributed by atoms with Gasteiger partial charge in [0.2, 0.25) is 0 Å². The van der Waals surface area contributed by atoms with Gasteiger partial charge in [0.05, 0.1) is 6.54 Å². The summed E-state index contributed by atoms with van der Waals surface area (Å²) in [5.41, 5.74) is 1.91. The zero-order valence-corrected chi connectivity index (χ0v) is 16.2. The van der Waals surface area contributed by atoms with Crippen LogP contribution in [0.5, 0.6) is 0 Å². The number of likely N-dealkylation sites (tertiary alicyclic amines) is 1. The Morgan fingerprint density at radius 3 is 2.89 bits per heavy atom. The topological polar surface area (TPSA) is 68.8 Å². The lowest BCUT2D eigenvalue weighted by Crippen LogP contribution is -2.37. The third kappa shape index (κ3) is 3.83. The number of hydrogen-bond donors (Lipinski definition) is 0. The summed E-state index contributed by atoms with van der Waals surface area (Å²) in [5.74, 6) is 1.06. The molecule has 0 spiro atoms. The first-order chi connectivity index (χ1) is 13.8. The van der Waals surface area contributed by atoms with Gasteiger partial charge in [0, 0.05) is 31.7 Å². The summed E-state index contributed by atoms with van der Waals surface area (Å²) in [5, 5.41) is 12.7. The highest BCUT2D eigenvalue weighted by Crippen LogP contribution is 2.24. The van der Waals surface area contributed by atoms with E-state index in [2.05, 4.69) is 32.0 Å². The van der Waals surface area contributed by atoms with E-state index in [0.29, 0.717) is 12.2 Å². The Labute approximate surface area is 165 Å². The molecule has 1 amide bonds. The number of hydrogen-bond acceptors (Lipinski definition) is 4. The molecule has 0 radical (unpaired) electrons. The molecule has 3 heterocycles. The fraction of sp³-hybridized carbons (Fsp3) is 0.429. The Hall–Kier alpha value is -2.96. The number of aryl methyl sites for hydroxylation is 2. The molecule has 7 nitrogen and oxygen atoms in total. The molecule has 7 heteroatoms. The van der Waals surface area contributed by atoms with Crippen LogP contribution in [0.2, 0.25) is 0 Å². The molecule has 2 aromatic heterocycles. The van der Waals surface area contributed by atoms with Crippen LogP contribution in [-0.4, -0.2) is 47.9 Å². The monoisotopic (exact) mass is 378 g/mol. The highest BCUT2D eigenvalue weighted by atomic mass is 16.2. The van der Waals surface area contributed by atoms with Gasteiger partial charge in [-0.25, -0.2) is 0 Å². The number of carbonyl (C=O) groups excluding carboxylic acids is 1. The smallest absolute Gasteiger partial charge is 0.272 e. The van der Waals surface area contributed by atoms with Crippen LogP contribution in [0, 0.1) is 0 Å². The summed E-state index contributed by atoms with van der Waals surface area (Å²) in [6.45, 7) is 4.29. The van der Waals surface area contributed by atoms with E-state index in [0.717, 1.165) is 44.6 Å². The first-order valence-electron chi connectivity index (χ1n) is 9.99. The van der Waals surface area contributed by atoms with Crippen molar-refractivity contribution >= 4 is 5.91 Å². The molecule has 0 aliphatic carbocycles. The van der Waals surface area contributed by atoms with Gasteiger partial charge in [0.15, 0.2) is 0 Å². The van der Waals surface area contributed by atoms with E-state index in [-0.39, 0.29) is 11.9 Å². The molecule has 4 rings (SSSR count). The van der Waals surface area contributed by atoms with Crippen molar-refractivity contribution in [2.24, 2.45) is 0 Å². The number of amides is 1. The fourth-order valence-corrected chi connectivity index (χ4v) is 4.00. The third-order valence-electron chi connectivity index (χ3n) is 5.47. The second-order valence-electron chi connectivity index (χ2n) is 7.23. The van der Waals surface area contributed by atoms with Gasteiger partial charge in [0.25, 0.3) is 5.91 Å². The summed E-state index contributed by atoms with van der Waals surface area (Å²) < 4.78 is 3.87. The van der Waals surface area contributed by atoms with Crippen LogP contribution in [0.25, 0.3) is 0 Å². The zero-order valence-electron chi connectivity index (χ0n) is 16.2. The lowest BCUT2D eigenvalue weighted by atomic mass is 10.1. The van der Waals surface area contributed by atoms with E-state index in [1.807, 2.05) is 36.1 Å². The molecular formula is C21H26N6O. The van der Waals surface area contributed by atoms with Gasteiger partial charge in [-0.3, -0.25) is 9.48 Å². The minimum absolute atomic E-state index is 0.0904. The molecule has 1 aromatic carbocycles. The average molecular weight is 378 g/mol. The largest absolute Gasteiger partial charge is 0.334 e. The Balaban J connectivity index is 1.41. The Bertz CT molecular complexity index is 916. The van der Waals surface area contributed by atoms with Gasteiger partial charge in [-0.05, 0) is 37.8 Å². The molecule has 1 aliphatic rings. The quantitative estimate of drug-likeness (QED) is 0.634. The molecular weight excluding hydrogens is 352 g/mol. The molecule has 1 fully saturated rings. The van der Waals surface area contributed by atoms with Crippen LogP contribution < -0.4 is 0 Å². The molecule has 1 unspecified atom stereocenters. The van der Waals surface area contributed by atoms with E-state index in [1.54, 1.807) is 17.2 Å². The summed E-state index contributed by atoms with van der Waals surface area (Å²) >= 11 is 0. The van der Waals surface area contributed by atoms with Gasteiger partial charge >= 0.3 is 0 Å². The standard InChI is InChI=1S/C21H26N6O/c1-2-27-19(12-13-23-27)21(28)26-14-6-9-18(26)10-11-20-24-22-16-25(20)15-17-7-4-3-5-8-17/h3-5,7-8,12-13,16,18H,2,6,9-11,14-15H2,1H3. The molecule has 3 aromatic rings. The maximum Gasteiger partial charge on any atom is 0.272 e. The minimum Gasteiger partial charge on any atom is -0.334 e. The maximum atomic E-state index is 13.0. The van der Waals surface area contributed by atoms with Crippen LogP contribution in [-0.2, 0) is 19.5 Å². The molecule has 0 bridgehead atoms. The Morgan fingerprint density at radius 2 is 2.07 bits per heavy atom. The molecule has 1 aliphatic heterocycles. The number of carbonyl (C=O) groups is 1. The SMILES string of the molecule is CCn1nccc1C(=O)N1CCCC1CCc1nncn1Cc1ccccc1. The summed E-state index contributed by atoms with van der Waals surface area (Å²) in [6.07, 6.45) is 7.30. The van der Waals surface area contributed by atoms with Crippen molar-refractivity contribution in [3.8, 4) is 0 Å². The van der Waals surface area contributed by atoms with Gasteiger partial charge in [-0.1, -0.05) is 30.3 Å². The van der Waals surface area contributed by atoms with E-state index < -0.39 is 0 Å². The number of aromatic nitrogens is 5. The Kier molecular flexibility index (Phi) is 5.50. The predicted molar refractivity (Wildman–Crippen MR) is 106 cm³/mol. The minimum atomic E-state index is 0.0904. The molecule has 146 valence electrons. The van der Waals surface area contributed by atoms with Gasteiger partial charge in [-0.15, -0.1) is 10.2 Å². The lowest BCUT2D eigenvalue weighted by Gasteiger charge is -2.25. The first-order valence-corrected chi connectivity index (χ1v) is 9.99. The maximum absolute atomic E-state index is 13.0. The van der Waals surface area contributed by atoms with Crippen molar-refractivity contribution in [1.82, 2.24) is 29.4 Å². The summed E-state index contributed by atoms with van der Waals surface area (Å²) in [6, 6.07) is 12.4. The van der Waals surface area contributed by atoms with Crippen molar-refractivity contribution in [1.29, 1.82) is 0 Å². The fourth-order valence-electron chi connectivity index (χ4n) is 4.00. The second kappa shape index (κ2) is 8.37. The molecule has 1 saturated heterocycles. The van der Waals surface area contributed by atoms with Crippen molar-refractivity contribution in [2.75, 3.05) is 6.54 Å². The molecule has 0 N–H and O–H groups in total. The van der Waals surface area contributed by atoms with Gasteiger partial charge in [0.1, 0.15) is 17.8 Å². The van der Waals surface area contributed by atoms with Crippen LogP contribution in [0.15, 0.2) is 48.9 Å². The van der Waals surface area contributed by atoms with Crippen LogP contribution in [0.4, 0.5) is 0 Å². The van der Waals surface area contributed by atoms with Crippen LogP contribution in [0.1, 0.15) is 48.1 Å². The van der Waals surface area contributed by atoms with Gasteiger partial charge in [-0.2, -0.15) is 5.10 Å². The summed E-state index contributed by atoms with van der Waals surface area (Å²) in [4.78, 5) is 15.0. The zero-order chi connectivity index (χ0) is 19.3. The third-order valence-corrected chi connectivity index (χ3v) is 5.47. The van der Waals surface area contributed by atoms with Crippen molar-refractivity contribution < 1.29 is 4.79 Å². The molecule has 28 heavy (non-hydrogen) atoms. The normalized spacial score (nSPS) is 16.6. The van der Waals surface area contributed by atoms with Crippen molar-refractivity contribution in [3.63, 3.8) is 0 Å². The lowest BCUT2D eigenvalue weighted by molar-refractivity contribution is 0.0717. The van der Waals surface area contributed by atoms with E-state index in [9.17, 15) is 4.79 Å². The highest BCUT2D eigenvalue weighted by molar-refractivity contribution is 5.92. The second-order valence-corrected chi connectivity index (χ2v) is 7.23. The predicted octanol–water partition coefficient (Wildman–Crippen LogP) is 2.78. The van der Waals surface area contributed by atoms with Crippen LogP contribution in [0.3, 0.4) is 0 Å². The van der Waals surface area contributed by atoms with E-state index >= 15 is 0 Å². The highest BCUT2D eigenvalue weighted by Gasteiger charge is 2.30. The molecule has 1 atom stereocenters. The van der Waals surface area contributed by atoms with Crippen LogP contribution >= 0.6 is 0 Å². The Morgan fingerprint density at radius 1 is 1.21 bits per heavy atom. The van der Waals surface area contributed by atoms with E-state index in [4.69, 9.17) is 0 Å². The van der Waals surface area contributed by atoms with Crippen molar-refractivity contribution in [3.05, 3.63) is 66.0 Å². The number of benzene rings is 1. The molecule has 0 saturated carbocycles. The van der Waals surface area contributed by atoms with Gasteiger partial charge < -0.3 is 9.47 Å². The number of nitrogens with zero attached hydrogens (tertiary/aromatic N) is 6. The average Bonchev–Trinajstić information content (AvgIpc) is 3.47.